The van der Waals surface area contributed by atoms with Gasteiger partial charge in [0.05, 0.1) is 18.0 Å². The second-order valence-corrected chi connectivity index (χ2v) is 6.57. The Morgan fingerprint density at radius 1 is 1.12 bits per heavy atom. The average molecular weight is 328 g/mol. The predicted molar refractivity (Wildman–Crippen MR) is 97.0 cm³/mol. The van der Waals surface area contributed by atoms with Crippen molar-refractivity contribution in [2.45, 2.75) is 32.0 Å². The molecule has 0 radical (unpaired) electrons. The molecule has 4 nitrogen and oxygen atoms in total. The maximum atomic E-state index is 8.91. The average Bonchev–Trinajstić information content (AvgIpc) is 3.09. The first-order valence-electron chi connectivity index (χ1n) is 8.60. The van der Waals surface area contributed by atoms with E-state index in [0.29, 0.717) is 11.6 Å². The molecule has 0 amide bonds. The molecule has 0 bridgehead atoms. The van der Waals surface area contributed by atoms with Crippen molar-refractivity contribution in [1.82, 2.24) is 14.9 Å². The Hall–Kier alpha value is -2.90. The Morgan fingerprint density at radius 2 is 1.92 bits per heavy atom. The lowest BCUT2D eigenvalue weighted by Gasteiger charge is -2.27. The molecular weight excluding hydrogens is 308 g/mol. The Kier molecular flexibility index (Phi) is 4.32. The maximum Gasteiger partial charge on any atom is 0.0991 e. The lowest BCUT2D eigenvalue weighted by molar-refractivity contribution is 0.418. The van der Waals surface area contributed by atoms with Crippen LogP contribution in [0.3, 0.4) is 0 Å². The zero-order valence-electron chi connectivity index (χ0n) is 14.0. The van der Waals surface area contributed by atoms with Crippen molar-refractivity contribution in [2.24, 2.45) is 0 Å². The zero-order valence-corrected chi connectivity index (χ0v) is 14.0. The number of nitriles is 1. The minimum Gasteiger partial charge on any atom is -0.333 e. The van der Waals surface area contributed by atoms with Crippen LogP contribution in [-0.4, -0.2) is 15.6 Å². The number of fused-ring (bicyclic) bond motifs is 1. The number of hydrogen-bond donors (Lipinski definition) is 1. The molecule has 0 unspecified atom stereocenters. The van der Waals surface area contributed by atoms with Crippen LogP contribution in [0.1, 0.15) is 27.9 Å². The molecule has 0 fully saturated rings. The van der Waals surface area contributed by atoms with Crippen molar-refractivity contribution in [1.29, 1.82) is 5.26 Å². The fraction of sp³-hybridized carbons (Fsp3) is 0.238. The molecule has 25 heavy (non-hydrogen) atoms. The van der Waals surface area contributed by atoms with Crippen LogP contribution in [0.25, 0.3) is 0 Å². The Balaban J connectivity index is 1.46. The van der Waals surface area contributed by atoms with Crippen molar-refractivity contribution >= 4 is 0 Å². The Morgan fingerprint density at radius 3 is 2.72 bits per heavy atom. The van der Waals surface area contributed by atoms with E-state index >= 15 is 0 Å². The number of hydrogen-bond acceptors (Lipinski definition) is 3. The monoisotopic (exact) mass is 328 g/mol. The van der Waals surface area contributed by atoms with Crippen LogP contribution in [0, 0.1) is 11.3 Å². The van der Waals surface area contributed by atoms with Gasteiger partial charge in [0.25, 0.3) is 0 Å². The molecule has 0 saturated carbocycles. The van der Waals surface area contributed by atoms with E-state index in [1.54, 1.807) is 0 Å². The molecular formula is C21H20N4. The van der Waals surface area contributed by atoms with Crippen LogP contribution in [0.4, 0.5) is 0 Å². The highest BCUT2D eigenvalue weighted by Crippen LogP contribution is 2.18. The minimum absolute atomic E-state index is 0.420. The van der Waals surface area contributed by atoms with Crippen LogP contribution in [0.5, 0.6) is 0 Å². The molecule has 1 aliphatic rings. The number of rotatable bonds is 4. The van der Waals surface area contributed by atoms with Crippen molar-refractivity contribution in [3.05, 3.63) is 89.0 Å². The second-order valence-electron chi connectivity index (χ2n) is 6.57. The van der Waals surface area contributed by atoms with Crippen molar-refractivity contribution in [3.8, 4) is 6.07 Å². The topological polar surface area (TPSA) is 53.6 Å². The van der Waals surface area contributed by atoms with Gasteiger partial charge in [0, 0.05) is 37.4 Å². The van der Waals surface area contributed by atoms with Crippen LogP contribution in [0.2, 0.25) is 0 Å². The first kappa shape index (κ1) is 15.6. The largest absolute Gasteiger partial charge is 0.333 e. The molecule has 124 valence electrons. The molecule has 0 saturated heterocycles. The van der Waals surface area contributed by atoms with Crippen LogP contribution < -0.4 is 5.32 Å². The SMILES string of the molecule is N#Cc1ccc(Cc2cncn2C[C@@H]2Cc3ccccc3CN2)cc1. The summed E-state index contributed by atoms with van der Waals surface area (Å²) in [6, 6.07) is 19.0. The van der Waals surface area contributed by atoms with Gasteiger partial charge in [-0.05, 0) is 35.2 Å². The maximum absolute atomic E-state index is 8.91. The first-order chi connectivity index (χ1) is 12.3. The van der Waals surface area contributed by atoms with E-state index in [1.807, 2.05) is 36.8 Å². The van der Waals surface area contributed by atoms with E-state index in [0.717, 1.165) is 25.9 Å². The summed E-state index contributed by atoms with van der Waals surface area (Å²) >= 11 is 0. The predicted octanol–water partition coefficient (Wildman–Crippen LogP) is 3.06. The molecule has 4 rings (SSSR count). The third kappa shape index (κ3) is 3.47. The van der Waals surface area contributed by atoms with Crippen LogP contribution in [-0.2, 0) is 25.9 Å². The quantitative estimate of drug-likeness (QED) is 0.801. The van der Waals surface area contributed by atoms with Gasteiger partial charge >= 0.3 is 0 Å². The van der Waals surface area contributed by atoms with E-state index in [-0.39, 0.29) is 0 Å². The highest BCUT2D eigenvalue weighted by molar-refractivity contribution is 5.33. The fourth-order valence-electron chi connectivity index (χ4n) is 3.45. The normalized spacial score (nSPS) is 16.2. The number of imidazole rings is 1. The van der Waals surface area contributed by atoms with Gasteiger partial charge in [0.15, 0.2) is 0 Å². The van der Waals surface area contributed by atoms with Gasteiger partial charge in [-0.3, -0.25) is 0 Å². The lowest BCUT2D eigenvalue weighted by Crippen LogP contribution is -2.38. The van der Waals surface area contributed by atoms with Gasteiger partial charge in [-0.2, -0.15) is 5.26 Å². The summed E-state index contributed by atoms with van der Waals surface area (Å²) in [6.45, 7) is 1.85. The molecule has 1 atom stereocenters. The van der Waals surface area contributed by atoms with Gasteiger partial charge < -0.3 is 9.88 Å². The van der Waals surface area contributed by atoms with Gasteiger partial charge in [-0.25, -0.2) is 4.98 Å². The fourth-order valence-corrected chi connectivity index (χ4v) is 3.45. The van der Waals surface area contributed by atoms with E-state index in [2.05, 4.69) is 45.2 Å². The number of nitrogens with one attached hydrogen (secondary N) is 1. The zero-order chi connectivity index (χ0) is 17.1. The summed E-state index contributed by atoms with van der Waals surface area (Å²) < 4.78 is 2.24. The van der Waals surface area contributed by atoms with Crippen molar-refractivity contribution < 1.29 is 0 Å². The molecule has 2 aromatic carbocycles. The second kappa shape index (κ2) is 6.92. The van der Waals surface area contributed by atoms with Crippen molar-refractivity contribution in [3.63, 3.8) is 0 Å². The smallest absolute Gasteiger partial charge is 0.0991 e. The lowest BCUT2D eigenvalue weighted by atomic mass is 9.96. The first-order valence-corrected chi connectivity index (χ1v) is 8.60. The van der Waals surface area contributed by atoms with E-state index in [1.165, 1.54) is 22.4 Å². The van der Waals surface area contributed by atoms with Gasteiger partial charge in [0.1, 0.15) is 0 Å². The van der Waals surface area contributed by atoms with Gasteiger partial charge in [0.2, 0.25) is 0 Å². The highest BCUT2D eigenvalue weighted by atomic mass is 15.1. The highest BCUT2D eigenvalue weighted by Gasteiger charge is 2.18. The van der Waals surface area contributed by atoms with Crippen LogP contribution in [0.15, 0.2) is 61.1 Å². The number of nitrogens with zero attached hydrogens (tertiary/aromatic N) is 3. The van der Waals surface area contributed by atoms with E-state index in [9.17, 15) is 0 Å². The van der Waals surface area contributed by atoms with Crippen LogP contribution >= 0.6 is 0 Å². The van der Waals surface area contributed by atoms with Crippen molar-refractivity contribution in [2.75, 3.05) is 0 Å². The molecule has 4 heteroatoms. The number of benzene rings is 2. The summed E-state index contributed by atoms with van der Waals surface area (Å²) in [5.74, 6) is 0. The summed E-state index contributed by atoms with van der Waals surface area (Å²) in [5, 5.41) is 12.5. The molecule has 1 aliphatic heterocycles. The molecule has 3 aromatic rings. The molecule has 0 aliphatic carbocycles. The third-order valence-corrected chi connectivity index (χ3v) is 4.85. The van der Waals surface area contributed by atoms with E-state index < -0.39 is 0 Å². The molecule has 1 N–H and O–H groups in total. The molecule has 1 aromatic heterocycles. The van der Waals surface area contributed by atoms with Gasteiger partial charge in [-0.1, -0.05) is 36.4 Å². The summed E-state index contributed by atoms with van der Waals surface area (Å²) in [7, 11) is 0. The number of aromatic nitrogens is 2. The molecule has 0 spiro atoms. The van der Waals surface area contributed by atoms with Gasteiger partial charge in [-0.15, -0.1) is 0 Å². The Bertz CT molecular complexity index is 902. The van der Waals surface area contributed by atoms with E-state index in [4.69, 9.17) is 5.26 Å². The summed E-state index contributed by atoms with van der Waals surface area (Å²) in [6.07, 6.45) is 5.73. The summed E-state index contributed by atoms with van der Waals surface area (Å²) in [4.78, 5) is 4.34. The standard InChI is InChI=1S/C21H20N4/c22-11-17-7-5-16(6-8-17)9-21-13-23-15-25(21)14-20-10-18-3-1-2-4-19(18)12-24-20/h1-8,13,15,20,24H,9-10,12,14H2/t20-/m0/s1. The third-order valence-electron chi connectivity index (χ3n) is 4.85. The Labute approximate surface area is 147 Å². The summed E-state index contributed by atoms with van der Waals surface area (Å²) in [5.41, 5.74) is 5.94. The molecule has 2 heterocycles. The minimum atomic E-state index is 0.420.